The van der Waals surface area contributed by atoms with Gasteiger partial charge in [0.25, 0.3) is 15.7 Å². The molecule has 1 aromatic carbocycles. The van der Waals surface area contributed by atoms with Crippen molar-refractivity contribution in [3.8, 4) is 0 Å². The van der Waals surface area contributed by atoms with Gasteiger partial charge in [0.2, 0.25) is 0 Å². The zero-order valence-corrected chi connectivity index (χ0v) is 13.8. The van der Waals surface area contributed by atoms with E-state index in [1.807, 2.05) is 6.92 Å². The van der Waals surface area contributed by atoms with Crippen molar-refractivity contribution in [1.82, 2.24) is 24.6 Å². The van der Waals surface area contributed by atoms with Crippen LogP contribution in [0, 0.1) is 10.1 Å². The van der Waals surface area contributed by atoms with Gasteiger partial charge in [-0.05, 0) is 19.1 Å². The van der Waals surface area contributed by atoms with Gasteiger partial charge in [0.15, 0.2) is 11.5 Å². The maximum absolute atomic E-state index is 12.3. The fraction of sp³-hybridized carbons (Fsp3) is 0.154. The molecule has 0 aliphatic rings. The van der Waals surface area contributed by atoms with Gasteiger partial charge in [0.1, 0.15) is 6.33 Å². The number of benzene rings is 1. The smallest absolute Gasteiger partial charge is 0.269 e. The molecule has 0 amide bonds. The number of nitrogens with one attached hydrogen (secondary N) is 2. The van der Waals surface area contributed by atoms with E-state index in [9.17, 15) is 18.5 Å². The fourth-order valence-corrected chi connectivity index (χ4v) is 2.99. The van der Waals surface area contributed by atoms with Gasteiger partial charge in [-0.3, -0.25) is 15.5 Å². The number of nitrogens with zero attached hydrogens (tertiary/aromatic N) is 5. The zero-order valence-electron chi connectivity index (χ0n) is 12.9. The van der Waals surface area contributed by atoms with E-state index in [4.69, 9.17) is 0 Å². The Morgan fingerprint density at radius 3 is 2.60 bits per heavy atom. The summed E-state index contributed by atoms with van der Waals surface area (Å²) < 4.78 is 26.2. The van der Waals surface area contributed by atoms with Crippen LogP contribution in [-0.4, -0.2) is 33.1 Å². The third-order valence-corrected chi connectivity index (χ3v) is 4.66. The molecule has 0 atom stereocenters. The number of rotatable bonds is 6. The number of fused-ring (bicyclic) bond motifs is 1. The first kappa shape index (κ1) is 16.7. The van der Waals surface area contributed by atoms with Crippen molar-refractivity contribution in [2.45, 2.75) is 18.4 Å². The number of non-ortho nitro benzene ring substituents is 1. The SMILES string of the molecule is CCn1ncc2c(NNS(=O)(=O)c3ccc([N+](=O)[O-])cc3)ncnc21. The largest absolute Gasteiger partial charge is 0.291 e. The number of nitro benzene ring substituents is 1. The average molecular weight is 363 g/mol. The average Bonchev–Trinajstić information content (AvgIpc) is 3.04. The predicted molar refractivity (Wildman–Crippen MR) is 88.0 cm³/mol. The van der Waals surface area contributed by atoms with Crippen molar-refractivity contribution in [2.24, 2.45) is 0 Å². The van der Waals surface area contributed by atoms with Gasteiger partial charge in [0, 0.05) is 18.7 Å². The van der Waals surface area contributed by atoms with Crippen LogP contribution in [0.5, 0.6) is 0 Å². The Morgan fingerprint density at radius 1 is 1.24 bits per heavy atom. The highest BCUT2D eigenvalue weighted by Gasteiger charge is 2.17. The van der Waals surface area contributed by atoms with E-state index in [1.54, 1.807) is 4.68 Å². The molecule has 0 saturated carbocycles. The summed E-state index contributed by atoms with van der Waals surface area (Å²) in [6, 6.07) is 4.52. The van der Waals surface area contributed by atoms with Crippen LogP contribution >= 0.6 is 0 Å². The number of anilines is 1. The molecule has 11 nitrogen and oxygen atoms in total. The number of sulfonamides is 1. The predicted octanol–water partition coefficient (Wildman–Crippen LogP) is 1.06. The van der Waals surface area contributed by atoms with E-state index in [-0.39, 0.29) is 16.4 Å². The molecule has 2 aromatic heterocycles. The normalized spacial score (nSPS) is 11.6. The molecule has 0 spiro atoms. The first-order chi connectivity index (χ1) is 11.9. The molecule has 12 heteroatoms. The minimum atomic E-state index is -3.94. The van der Waals surface area contributed by atoms with Crippen LogP contribution < -0.4 is 10.3 Å². The summed E-state index contributed by atoms with van der Waals surface area (Å²) in [5, 5.41) is 15.3. The highest BCUT2D eigenvalue weighted by molar-refractivity contribution is 7.89. The van der Waals surface area contributed by atoms with E-state index in [0.717, 1.165) is 24.3 Å². The molecule has 0 bridgehead atoms. The number of nitro groups is 1. The van der Waals surface area contributed by atoms with Gasteiger partial charge in [-0.25, -0.2) is 23.1 Å². The number of hydrogen-bond donors (Lipinski definition) is 2. The lowest BCUT2D eigenvalue weighted by Gasteiger charge is -2.09. The lowest BCUT2D eigenvalue weighted by Crippen LogP contribution is -2.30. The van der Waals surface area contributed by atoms with Crippen LogP contribution in [-0.2, 0) is 16.6 Å². The molecule has 0 saturated heterocycles. The van der Waals surface area contributed by atoms with Crippen molar-refractivity contribution in [3.63, 3.8) is 0 Å². The number of aromatic nitrogens is 4. The Hall–Kier alpha value is -3.12. The Morgan fingerprint density at radius 2 is 1.96 bits per heavy atom. The van der Waals surface area contributed by atoms with Crippen LogP contribution in [0.1, 0.15) is 6.92 Å². The van der Waals surface area contributed by atoms with E-state index in [1.165, 1.54) is 12.5 Å². The van der Waals surface area contributed by atoms with Crippen LogP contribution in [0.4, 0.5) is 11.5 Å². The summed E-state index contributed by atoms with van der Waals surface area (Å²) in [4.78, 5) is 20.2. The van der Waals surface area contributed by atoms with Crippen LogP contribution in [0.2, 0.25) is 0 Å². The minimum absolute atomic E-state index is 0.125. The molecule has 3 aromatic rings. The second-order valence-electron chi connectivity index (χ2n) is 4.90. The molecule has 2 N–H and O–H groups in total. The van der Waals surface area contributed by atoms with E-state index in [2.05, 4.69) is 25.3 Å². The standard InChI is InChI=1S/C13H13N7O4S/c1-2-19-13-11(7-16-19)12(14-8-15-13)17-18-25(23,24)10-5-3-9(4-6-10)20(21)22/h3-8,18H,2H2,1H3,(H,14,15,17). The summed E-state index contributed by atoms with van der Waals surface area (Å²) in [6.45, 7) is 2.51. The minimum Gasteiger partial charge on any atom is -0.291 e. The quantitative estimate of drug-likeness (QED) is 0.488. The van der Waals surface area contributed by atoms with Gasteiger partial charge in [-0.2, -0.15) is 5.10 Å². The summed E-state index contributed by atoms with van der Waals surface area (Å²) in [5.41, 5.74) is 2.89. The van der Waals surface area contributed by atoms with E-state index < -0.39 is 14.9 Å². The van der Waals surface area contributed by atoms with Crippen molar-refractivity contribution in [2.75, 3.05) is 5.43 Å². The monoisotopic (exact) mass is 363 g/mol. The molecule has 2 heterocycles. The number of aryl methyl sites for hydroxylation is 1. The van der Waals surface area contributed by atoms with Crippen molar-refractivity contribution >= 4 is 32.6 Å². The van der Waals surface area contributed by atoms with Crippen molar-refractivity contribution in [3.05, 3.63) is 46.9 Å². The van der Waals surface area contributed by atoms with Crippen LogP contribution in [0.3, 0.4) is 0 Å². The maximum atomic E-state index is 12.3. The second kappa shape index (κ2) is 6.41. The molecule has 0 aliphatic heterocycles. The van der Waals surface area contributed by atoms with Gasteiger partial charge < -0.3 is 0 Å². The maximum Gasteiger partial charge on any atom is 0.269 e. The summed E-state index contributed by atoms with van der Waals surface area (Å²) in [6.07, 6.45) is 2.82. The third kappa shape index (κ3) is 3.25. The van der Waals surface area contributed by atoms with Crippen LogP contribution in [0.25, 0.3) is 11.0 Å². The first-order valence-corrected chi connectivity index (χ1v) is 8.59. The molecule has 0 unspecified atom stereocenters. The van der Waals surface area contributed by atoms with Gasteiger partial charge in [0.05, 0.1) is 21.4 Å². The molecule has 130 valence electrons. The van der Waals surface area contributed by atoms with Gasteiger partial charge in [-0.1, -0.05) is 0 Å². The van der Waals surface area contributed by atoms with Crippen LogP contribution in [0.15, 0.2) is 41.7 Å². The Labute approximate surface area is 141 Å². The molecule has 0 aliphatic carbocycles. The molecule has 3 rings (SSSR count). The Balaban J connectivity index is 1.83. The molecular weight excluding hydrogens is 350 g/mol. The number of hydrazine groups is 1. The van der Waals surface area contributed by atoms with E-state index >= 15 is 0 Å². The summed E-state index contributed by atoms with van der Waals surface area (Å²) in [5.74, 6) is 0.246. The lowest BCUT2D eigenvalue weighted by atomic mass is 10.3. The zero-order chi connectivity index (χ0) is 18.0. The van der Waals surface area contributed by atoms with Gasteiger partial charge in [-0.15, -0.1) is 4.83 Å². The third-order valence-electron chi connectivity index (χ3n) is 3.39. The van der Waals surface area contributed by atoms with Gasteiger partial charge >= 0.3 is 0 Å². The topological polar surface area (TPSA) is 145 Å². The summed E-state index contributed by atoms with van der Waals surface area (Å²) in [7, 11) is -3.94. The van der Waals surface area contributed by atoms with Crippen molar-refractivity contribution in [1.29, 1.82) is 0 Å². The lowest BCUT2D eigenvalue weighted by molar-refractivity contribution is -0.384. The molecular formula is C13H13N7O4S. The Kier molecular flexibility index (Phi) is 4.29. The molecule has 0 radical (unpaired) electrons. The molecule has 25 heavy (non-hydrogen) atoms. The second-order valence-corrected chi connectivity index (χ2v) is 6.58. The highest BCUT2D eigenvalue weighted by atomic mass is 32.2. The molecule has 0 fully saturated rings. The summed E-state index contributed by atoms with van der Waals surface area (Å²) >= 11 is 0. The Bertz CT molecular complexity index is 1030. The fourth-order valence-electron chi connectivity index (χ4n) is 2.15. The van der Waals surface area contributed by atoms with Crippen molar-refractivity contribution < 1.29 is 13.3 Å². The van der Waals surface area contributed by atoms with E-state index in [0.29, 0.717) is 17.6 Å². The highest BCUT2D eigenvalue weighted by Crippen LogP contribution is 2.19. The number of hydrogen-bond acceptors (Lipinski definition) is 8. The first-order valence-electron chi connectivity index (χ1n) is 7.11.